The van der Waals surface area contributed by atoms with Gasteiger partial charge < -0.3 is 15.6 Å². The molecule has 0 saturated heterocycles. The van der Waals surface area contributed by atoms with Gasteiger partial charge in [-0.2, -0.15) is 0 Å². The highest BCUT2D eigenvalue weighted by Gasteiger charge is 2.06. The van der Waals surface area contributed by atoms with Crippen LogP contribution in [-0.2, 0) is 0 Å². The van der Waals surface area contributed by atoms with E-state index in [-0.39, 0.29) is 10.8 Å². The lowest BCUT2D eigenvalue weighted by molar-refractivity contribution is 0.408. The number of anilines is 1. The van der Waals surface area contributed by atoms with Crippen LogP contribution >= 0.6 is 11.6 Å². The van der Waals surface area contributed by atoms with Crippen LogP contribution in [0, 0.1) is 0 Å². The second kappa shape index (κ2) is 2.88. The van der Waals surface area contributed by atoms with E-state index in [1.807, 2.05) is 0 Å². The summed E-state index contributed by atoms with van der Waals surface area (Å²) in [7, 11) is 1.46. The van der Waals surface area contributed by atoms with E-state index in [2.05, 4.69) is 0 Å². The summed E-state index contributed by atoms with van der Waals surface area (Å²) in [6.45, 7) is 0. The standard InChI is InChI=1S/C7H8ClNO2/c1-11-6-3-4(9)2-5(10)7(6)8/h2-3,10H,9H2,1H3. The lowest BCUT2D eigenvalue weighted by Crippen LogP contribution is -1.89. The number of ether oxygens (including phenoxy) is 1. The summed E-state index contributed by atoms with van der Waals surface area (Å²) in [6, 6.07) is 2.91. The van der Waals surface area contributed by atoms with E-state index in [1.165, 1.54) is 13.2 Å². The quantitative estimate of drug-likeness (QED) is 0.635. The number of methoxy groups -OCH3 is 1. The number of benzene rings is 1. The van der Waals surface area contributed by atoms with E-state index in [0.717, 1.165) is 0 Å². The van der Waals surface area contributed by atoms with Crippen molar-refractivity contribution in [1.82, 2.24) is 0 Å². The molecular weight excluding hydrogens is 166 g/mol. The highest BCUT2D eigenvalue weighted by molar-refractivity contribution is 6.33. The van der Waals surface area contributed by atoms with Gasteiger partial charge in [-0.15, -0.1) is 0 Å². The number of hydrogen-bond acceptors (Lipinski definition) is 3. The first-order chi connectivity index (χ1) is 5.15. The smallest absolute Gasteiger partial charge is 0.143 e. The molecule has 4 heteroatoms. The van der Waals surface area contributed by atoms with Crippen LogP contribution in [-0.4, -0.2) is 12.2 Å². The molecule has 0 heterocycles. The SMILES string of the molecule is COc1cc(N)cc(O)c1Cl. The summed E-state index contributed by atoms with van der Waals surface area (Å²) in [6.07, 6.45) is 0. The average molecular weight is 174 g/mol. The monoisotopic (exact) mass is 173 g/mol. The molecule has 0 aliphatic heterocycles. The second-order valence-electron chi connectivity index (χ2n) is 2.06. The lowest BCUT2D eigenvalue weighted by Gasteiger charge is -2.04. The van der Waals surface area contributed by atoms with Gasteiger partial charge in [0.1, 0.15) is 16.5 Å². The van der Waals surface area contributed by atoms with Gasteiger partial charge in [-0.1, -0.05) is 11.6 Å². The molecule has 0 unspecified atom stereocenters. The molecule has 0 fully saturated rings. The Morgan fingerprint density at radius 2 is 2.18 bits per heavy atom. The molecule has 0 amide bonds. The fourth-order valence-electron chi connectivity index (χ4n) is 0.752. The zero-order valence-electron chi connectivity index (χ0n) is 5.97. The molecule has 0 atom stereocenters. The highest BCUT2D eigenvalue weighted by atomic mass is 35.5. The summed E-state index contributed by atoms with van der Waals surface area (Å²) >= 11 is 5.63. The van der Waals surface area contributed by atoms with Crippen LogP contribution in [0.1, 0.15) is 0 Å². The van der Waals surface area contributed by atoms with Crippen molar-refractivity contribution >= 4 is 17.3 Å². The van der Waals surface area contributed by atoms with Gasteiger partial charge in [0, 0.05) is 17.8 Å². The molecule has 1 rings (SSSR count). The Labute approximate surface area is 69.3 Å². The Hall–Kier alpha value is -1.09. The number of aromatic hydroxyl groups is 1. The molecule has 0 saturated carbocycles. The van der Waals surface area contributed by atoms with E-state index in [0.29, 0.717) is 11.4 Å². The highest BCUT2D eigenvalue weighted by Crippen LogP contribution is 2.35. The topological polar surface area (TPSA) is 55.5 Å². The number of nitrogens with two attached hydrogens (primary N) is 1. The number of phenolic OH excluding ortho intramolecular Hbond substituents is 1. The molecule has 0 aliphatic rings. The normalized spacial score (nSPS) is 9.64. The summed E-state index contributed by atoms with van der Waals surface area (Å²) in [5.74, 6) is 0.313. The molecule has 3 nitrogen and oxygen atoms in total. The van der Waals surface area contributed by atoms with Crippen molar-refractivity contribution in [2.24, 2.45) is 0 Å². The maximum atomic E-state index is 9.12. The fraction of sp³-hybridized carbons (Fsp3) is 0.143. The van der Waals surface area contributed by atoms with Gasteiger partial charge in [0.15, 0.2) is 0 Å². The minimum absolute atomic E-state index is 0.0662. The first-order valence-electron chi connectivity index (χ1n) is 2.97. The summed E-state index contributed by atoms with van der Waals surface area (Å²) < 4.78 is 4.83. The molecule has 0 bridgehead atoms. The van der Waals surface area contributed by atoms with E-state index in [9.17, 15) is 0 Å². The minimum atomic E-state index is -0.0662. The van der Waals surface area contributed by atoms with Crippen LogP contribution in [0.15, 0.2) is 12.1 Å². The zero-order chi connectivity index (χ0) is 8.43. The molecule has 1 aromatic carbocycles. The molecule has 1 aromatic rings. The van der Waals surface area contributed by atoms with Gasteiger partial charge >= 0.3 is 0 Å². The Bertz CT molecular complexity index is 275. The van der Waals surface area contributed by atoms with E-state index in [1.54, 1.807) is 6.07 Å². The molecule has 0 aromatic heterocycles. The van der Waals surface area contributed by atoms with Crippen molar-refractivity contribution < 1.29 is 9.84 Å². The average Bonchev–Trinajstić information content (AvgIpc) is 1.96. The molecule has 11 heavy (non-hydrogen) atoms. The van der Waals surface area contributed by atoms with Crippen molar-refractivity contribution in [3.63, 3.8) is 0 Å². The number of rotatable bonds is 1. The van der Waals surface area contributed by atoms with E-state index < -0.39 is 0 Å². The van der Waals surface area contributed by atoms with E-state index in [4.69, 9.17) is 27.2 Å². The van der Waals surface area contributed by atoms with Crippen LogP contribution in [0.4, 0.5) is 5.69 Å². The summed E-state index contributed by atoms with van der Waals surface area (Å²) in [5.41, 5.74) is 5.83. The molecule has 3 N–H and O–H groups in total. The number of halogens is 1. The van der Waals surface area contributed by atoms with Crippen molar-refractivity contribution in [3.8, 4) is 11.5 Å². The van der Waals surface area contributed by atoms with E-state index >= 15 is 0 Å². The van der Waals surface area contributed by atoms with Gasteiger partial charge in [0.05, 0.1) is 7.11 Å². The largest absolute Gasteiger partial charge is 0.506 e. The third-order valence-electron chi connectivity index (χ3n) is 1.26. The number of hydrogen-bond donors (Lipinski definition) is 2. The fourth-order valence-corrected chi connectivity index (χ4v) is 0.939. The van der Waals surface area contributed by atoms with Crippen LogP contribution in [0.3, 0.4) is 0 Å². The molecular formula is C7H8ClNO2. The predicted molar refractivity (Wildman–Crippen MR) is 44.1 cm³/mol. The van der Waals surface area contributed by atoms with Gasteiger partial charge in [0.2, 0.25) is 0 Å². The van der Waals surface area contributed by atoms with Gasteiger partial charge in [0.25, 0.3) is 0 Å². The van der Waals surface area contributed by atoms with Crippen LogP contribution in [0.2, 0.25) is 5.02 Å². The molecule has 60 valence electrons. The van der Waals surface area contributed by atoms with Crippen molar-refractivity contribution in [2.45, 2.75) is 0 Å². The van der Waals surface area contributed by atoms with Crippen LogP contribution < -0.4 is 10.5 Å². The summed E-state index contributed by atoms with van der Waals surface area (Å²) in [5, 5.41) is 9.30. The number of phenols is 1. The first-order valence-corrected chi connectivity index (χ1v) is 3.35. The summed E-state index contributed by atoms with van der Waals surface area (Å²) in [4.78, 5) is 0. The zero-order valence-corrected chi connectivity index (χ0v) is 6.72. The van der Waals surface area contributed by atoms with Crippen molar-refractivity contribution in [3.05, 3.63) is 17.2 Å². The predicted octanol–water partition coefficient (Wildman–Crippen LogP) is 1.64. The lowest BCUT2D eigenvalue weighted by atomic mass is 10.3. The molecule has 0 spiro atoms. The molecule has 0 radical (unpaired) electrons. The van der Waals surface area contributed by atoms with Gasteiger partial charge in [-0.05, 0) is 0 Å². The maximum Gasteiger partial charge on any atom is 0.143 e. The molecule has 0 aliphatic carbocycles. The minimum Gasteiger partial charge on any atom is -0.506 e. The Kier molecular flexibility index (Phi) is 2.10. The Morgan fingerprint density at radius 1 is 1.55 bits per heavy atom. The maximum absolute atomic E-state index is 9.12. The van der Waals surface area contributed by atoms with Gasteiger partial charge in [-0.3, -0.25) is 0 Å². The third kappa shape index (κ3) is 1.49. The van der Waals surface area contributed by atoms with Crippen LogP contribution in [0.5, 0.6) is 11.5 Å². The second-order valence-corrected chi connectivity index (χ2v) is 2.43. The van der Waals surface area contributed by atoms with Crippen LogP contribution in [0.25, 0.3) is 0 Å². The Balaban J connectivity index is 3.24. The first kappa shape index (κ1) is 8.01. The van der Waals surface area contributed by atoms with Crippen molar-refractivity contribution in [2.75, 3.05) is 12.8 Å². The van der Waals surface area contributed by atoms with Crippen molar-refractivity contribution in [1.29, 1.82) is 0 Å². The van der Waals surface area contributed by atoms with Gasteiger partial charge in [-0.25, -0.2) is 0 Å². The third-order valence-corrected chi connectivity index (χ3v) is 1.64. The Morgan fingerprint density at radius 3 is 2.73 bits per heavy atom. The number of nitrogen functional groups attached to an aromatic ring is 1.